The second-order valence-electron chi connectivity index (χ2n) is 7.77. The molecule has 2 rings (SSSR count). The fraction of sp³-hybridized carbons (Fsp3) is 0.458. The molecule has 3 heteroatoms. The maximum atomic E-state index is 12.8. The van der Waals surface area contributed by atoms with E-state index in [0.717, 1.165) is 28.9 Å². The van der Waals surface area contributed by atoms with Crippen LogP contribution < -0.4 is 10.1 Å². The van der Waals surface area contributed by atoms with Crippen LogP contribution >= 0.6 is 0 Å². The van der Waals surface area contributed by atoms with Gasteiger partial charge in [-0.05, 0) is 73.9 Å². The van der Waals surface area contributed by atoms with Crippen LogP contribution in [-0.4, -0.2) is 12.0 Å². The monoisotopic (exact) mass is 367 g/mol. The van der Waals surface area contributed by atoms with E-state index < -0.39 is 6.10 Å². The first-order valence-corrected chi connectivity index (χ1v) is 9.87. The molecule has 0 unspecified atom stereocenters. The molecular weight excluding hydrogens is 334 g/mol. The normalized spacial score (nSPS) is 13.3. The van der Waals surface area contributed by atoms with Gasteiger partial charge in [0.05, 0.1) is 6.04 Å². The van der Waals surface area contributed by atoms with Crippen molar-refractivity contribution in [1.29, 1.82) is 0 Å². The highest BCUT2D eigenvalue weighted by Crippen LogP contribution is 2.28. The molecule has 1 N–H and O–H groups in total. The summed E-state index contributed by atoms with van der Waals surface area (Å²) in [6.07, 6.45) is 0.285. The lowest BCUT2D eigenvalue weighted by Gasteiger charge is -2.23. The molecule has 0 spiro atoms. The molecule has 0 fully saturated rings. The maximum absolute atomic E-state index is 12.8. The summed E-state index contributed by atoms with van der Waals surface area (Å²) in [7, 11) is 0. The van der Waals surface area contributed by atoms with Gasteiger partial charge >= 0.3 is 0 Å². The van der Waals surface area contributed by atoms with Gasteiger partial charge < -0.3 is 10.1 Å². The standard InChI is InChI=1S/C24H33NO2/c1-8-22(20-11-10-17(5)18(6)14-20)25-24(26)19(7)27-23-13-16(4)9-12-21(23)15(2)3/h9-15,19,22H,8H2,1-7H3,(H,25,26)/t19-,22+/m1/s1. The molecule has 2 aromatic carbocycles. The van der Waals surface area contributed by atoms with Crippen molar-refractivity contribution in [2.45, 2.75) is 73.0 Å². The highest BCUT2D eigenvalue weighted by molar-refractivity contribution is 5.81. The van der Waals surface area contributed by atoms with E-state index in [1.54, 1.807) is 0 Å². The van der Waals surface area contributed by atoms with Crippen LogP contribution in [0.1, 0.15) is 73.9 Å². The van der Waals surface area contributed by atoms with Crippen LogP contribution in [0.3, 0.4) is 0 Å². The van der Waals surface area contributed by atoms with E-state index in [4.69, 9.17) is 4.74 Å². The Labute approximate surface area is 164 Å². The smallest absolute Gasteiger partial charge is 0.261 e. The predicted molar refractivity (Wildman–Crippen MR) is 112 cm³/mol. The van der Waals surface area contributed by atoms with E-state index >= 15 is 0 Å². The minimum absolute atomic E-state index is 0.00933. The average molecular weight is 368 g/mol. The Morgan fingerprint density at radius 2 is 1.70 bits per heavy atom. The van der Waals surface area contributed by atoms with Gasteiger partial charge in [0.1, 0.15) is 5.75 Å². The minimum Gasteiger partial charge on any atom is -0.481 e. The summed E-state index contributed by atoms with van der Waals surface area (Å²) >= 11 is 0. The molecule has 0 saturated heterocycles. The number of hydrogen-bond donors (Lipinski definition) is 1. The predicted octanol–water partition coefficient (Wildman–Crippen LogP) is 5.77. The molecular formula is C24H33NO2. The molecule has 146 valence electrons. The van der Waals surface area contributed by atoms with Gasteiger partial charge in [0.2, 0.25) is 0 Å². The van der Waals surface area contributed by atoms with Crippen LogP contribution in [0, 0.1) is 20.8 Å². The van der Waals surface area contributed by atoms with Crippen molar-refractivity contribution in [2.24, 2.45) is 0 Å². The minimum atomic E-state index is -0.551. The van der Waals surface area contributed by atoms with E-state index in [9.17, 15) is 4.79 Å². The van der Waals surface area contributed by atoms with Gasteiger partial charge in [-0.1, -0.05) is 51.1 Å². The highest BCUT2D eigenvalue weighted by Gasteiger charge is 2.21. The molecule has 2 aromatic rings. The quantitative estimate of drug-likeness (QED) is 0.674. The summed E-state index contributed by atoms with van der Waals surface area (Å²) in [4.78, 5) is 12.8. The number of carbonyl (C=O) groups is 1. The molecule has 0 aliphatic carbocycles. The second-order valence-corrected chi connectivity index (χ2v) is 7.77. The summed E-state index contributed by atoms with van der Waals surface area (Å²) in [5, 5.41) is 3.15. The molecule has 1 amide bonds. The Kier molecular flexibility index (Phi) is 7.06. The third kappa shape index (κ3) is 5.35. The van der Waals surface area contributed by atoms with Gasteiger partial charge in [-0.2, -0.15) is 0 Å². The molecule has 3 nitrogen and oxygen atoms in total. The number of ether oxygens (including phenoxy) is 1. The molecule has 0 aliphatic rings. The number of rotatable bonds is 7. The summed E-state index contributed by atoms with van der Waals surface area (Å²) in [6.45, 7) is 14.4. The van der Waals surface area contributed by atoms with E-state index in [-0.39, 0.29) is 11.9 Å². The van der Waals surface area contributed by atoms with Gasteiger partial charge in [-0.25, -0.2) is 0 Å². The second kappa shape index (κ2) is 9.07. The average Bonchev–Trinajstić information content (AvgIpc) is 2.61. The van der Waals surface area contributed by atoms with E-state index in [1.165, 1.54) is 11.1 Å². The zero-order valence-electron chi connectivity index (χ0n) is 17.7. The van der Waals surface area contributed by atoms with Crippen molar-refractivity contribution in [1.82, 2.24) is 5.32 Å². The van der Waals surface area contributed by atoms with Crippen molar-refractivity contribution < 1.29 is 9.53 Å². The lowest BCUT2D eigenvalue weighted by Crippen LogP contribution is -2.38. The Morgan fingerprint density at radius 1 is 1.00 bits per heavy atom. The zero-order chi connectivity index (χ0) is 20.1. The highest BCUT2D eigenvalue weighted by atomic mass is 16.5. The molecule has 0 heterocycles. The molecule has 0 saturated carbocycles. The van der Waals surface area contributed by atoms with Crippen LogP contribution in [0.4, 0.5) is 0 Å². The molecule has 0 radical (unpaired) electrons. The van der Waals surface area contributed by atoms with Crippen molar-refractivity contribution in [3.05, 3.63) is 64.2 Å². The molecule has 2 atom stereocenters. The number of aryl methyl sites for hydroxylation is 3. The molecule has 27 heavy (non-hydrogen) atoms. The summed E-state index contributed by atoms with van der Waals surface area (Å²) in [5.74, 6) is 1.05. The van der Waals surface area contributed by atoms with E-state index in [1.807, 2.05) is 19.9 Å². The number of nitrogens with one attached hydrogen (secondary N) is 1. The SMILES string of the molecule is CC[C@H](NC(=O)[C@@H](C)Oc1cc(C)ccc1C(C)C)c1ccc(C)c(C)c1. The van der Waals surface area contributed by atoms with Crippen LogP contribution in [0.25, 0.3) is 0 Å². The zero-order valence-corrected chi connectivity index (χ0v) is 17.7. The van der Waals surface area contributed by atoms with Crippen LogP contribution in [-0.2, 0) is 4.79 Å². The summed E-state index contributed by atoms with van der Waals surface area (Å²) < 4.78 is 6.06. The summed E-state index contributed by atoms with van der Waals surface area (Å²) in [6, 6.07) is 12.5. The Hall–Kier alpha value is -2.29. The molecule has 0 aromatic heterocycles. The van der Waals surface area contributed by atoms with Crippen LogP contribution in [0.5, 0.6) is 5.75 Å². The number of hydrogen-bond acceptors (Lipinski definition) is 2. The fourth-order valence-electron chi connectivity index (χ4n) is 3.16. The first-order chi connectivity index (χ1) is 12.7. The largest absolute Gasteiger partial charge is 0.481 e. The van der Waals surface area contributed by atoms with Gasteiger partial charge in [0.25, 0.3) is 5.91 Å². The maximum Gasteiger partial charge on any atom is 0.261 e. The van der Waals surface area contributed by atoms with Gasteiger partial charge in [-0.15, -0.1) is 0 Å². The first-order valence-electron chi connectivity index (χ1n) is 9.87. The van der Waals surface area contributed by atoms with E-state index in [2.05, 4.69) is 70.3 Å². The van der Waals surface area contributed by atoms with Gasteiger partial charge in [-0.3, -0.25) is 4.79 Å². The van der Waals surface area contributed by atoms with Crippen molar-refractivity contribution >= 4 is 5.91 Å². The number of benzene rings is 2. The lowest BCUT2D eigenvalue weighted by atomic mass is 9.99. The van der Waals surface area contributed by atoms with Crippen LogP contribution in [0.15, 0.2) is 36.4 Å². The first kappa shape index (κ1) is 21.0. The van der Waals surface area contributed by atoms with Crippen molar-refractivity contribution in [2.75, 3.05) is 0 Å². The van der Waals surface area contributed by atoms with Crippen LogP contribution in [0.2, 0.25) is 0 Å². The Bertz CT molecular complexity index is 795. The van der Waals surface area contributed by atoms with Crippen molar-refractivity contribution in [3.8, 4) is 5.75 Å². The Morgan fingerprint density at radius 3 is 2.30 bits per heavy atom. The summed E-state index contributed by atoms with van der Waals surface area (Å²) in [5.41, 5.74) is 5.90. The third-order valence-electron chi connectivity index (χ3n) is 5.12. The third-order valence-corrected chi connectivity index (χ3v) is 5.12. The fourth-order valence-corrected chi connectivity index (χ4v) is 3.16. The molecule has 0 aliphatic heterocycles. The topological polar surface area (TPSA) is 38.3 Å². The number of carbonyl (C=O) groups excluding carboxylic acids is 1. The van der Waals surface area contributed by atoms with Gasteiger partial charge in [0.15, 0.2) is 6.10 Å². The van der Waals surface area contributed by atoms with E-state index in [0.29, 0.717) is 5.92 Å². The Balaban J connectivity index is 2.12. The lowest BCUT2D eigenvalue weighted by molar-refractivity contribution is -0.128. The van der Waals surface area contributed by atoms with Gasteiger partial charge in [0, 0.05) is 0 Å². The van der Waals surface area contributed by atoms with Crippen molar-refractivity contribution in [3.63, 3.8) is 0 Å². The number of amides is 1. The molecule has 0 bridgehead atoms.